The zero-order valence-electron chi connectivity index (χ0n) is 11.4. The summed E-state index contributed by atoms with van der Waals surface area (Å²) >= 11 is 1.22. The second-order valence-corrected chi connectivity index (χ2v) is 7.36. The van der Waals surface area contributed by atoms with Crippen molar-refractivity contribution in [3.05, 3.63) is 22.7 Å². The Kier molecular flexibility index (Phi) is 4.45. The number of hydrogen-bond acceptors (Lipinski definition) is 6. The quantitative estimate of drug-likeness (QED) is 0.692. The van der Waals surface area contributed by atoms with Crippen LogP contribution in [0.5, 0.6) is 0 Å². The number of fused-ring (bicyclic) bond motifs is 1. The van der Waals surface area contributed by atoms with Gasteiger partial charge in [-0.15, -0.1) is 11.3 Å². The monoisotopic (exact) mass is 328 g/mol. The fourth-order valence-corrected chi connectivity index (χ4v) is 3.42. The van der Waals surface area contributed by atoms with Crippen LogP contribution >= 0.6 is 11.3 Å². The summed E-state index contributed by atoms with van der Waals surface area (Å²) in [7, 11) is -3.50. The number of nitrogens with two attached hydrogens (primary N) is 2. The number of anilines is 1. The molecule has 0 aromatic carbocycles. The standard InChI is InChI=1S/C12H16N4O3S2/c1-7-3-4-8-9(13)10(20-12(8)16-7)11(17)15-5-2-6-21(14,18)19/h3-4H,2,5-6,13H2,1H3,(H,15,17)(H2,14,18,19). The van der Waals surface area contributed by atoms with Gasteiger partial charge in [0, 0.05) is 17.6 Å². The molecule has 2 aromatic rings. The maximum absolute atomic E-state index is 12.1. The van der Waals surface area contributed by atoms with E-state index in [1.807, 2.05) is 19.1 Å². The van der Waals surface area contributed by atoms with Crippen molar-refractivity contribution < 1.29 is 13.2 Å². The van der Waals surface area contributed by atoms with Gasteiger partial charge in [0.05, 0.1) is 11.4 Å². The number of nitrogens with one attached hydrogen (secondary N) is 1. The van der Waals surface area contributed by atoms with Crippen molar-refractivity contribution in [1.29, 1.82) is 0 Å². The lowest BCUT2D eigenvalue weighted by molar-refractivity contribution is 0.0958. The Balaban J connectivity index is 2.07. The van der Waals surface area contributed by atoms with Crippen LogP contribution in [0.25, 0.3) is 10.2 Å². The van der Waals surface area contributed by atoms with Gasteiger partial charge in [-0.3, -0.25) is 4.79 Å². The summed E-state index contributed by atoms with van der Waals surface area (Å²) < 4.78 is 21.6. The third kappa shape index (κ3) is 3.90. The summed E-state index contributed by atoms with van der Waals surface area (Å²) in [4.78, 5) is 17.5. The lowest BCUT2D eigenvalue weighted by Gasteiger charge is -2.03. The zero-order chi connectivity index (χ0) is 15.6. The Labute approximate surface area is 126 Å². The van der Waals surface area contributed by atoms with Crippen LogP contribution in [0.15, 0.2) is 12.1 Å². The van der Waals surface area contributed by atoms with Crippen LogP contribution in [-0.4, -0.2) is 31.6 Å². The molecule has 0 atom stereocenters. The van der Waals surface area contributed by atoms with Crippen molar-refractivity contribution in [3.63, 3.8) is 0 Å². The first kappa shape index (κ1) is 15.7. The number of aromatic nitrogens is 1. The number of thiophene rings is 1. The van der Waals surface area contributed by atoms with Crippen molar-refractivity contribution in [3.8, 4) is 0 Å². The molecule has 2 aromatic heterocycles. The van der Waals surface area contributed by atoms with Gasteiger partial charge in [0.2, 0.25) is 10.0 Å². The van der Waals surface area contributed by atoms with Crippen molar-refractivity contribution in [2.24, 2.45) is 5.14 Å². The molecule has 0 spiro atoms. The number of hydrogen-bond donors (Lipinski definition) is 3. The summed E-state index contributed by atoms with van der Waals surface area (Å²) in [6.45, 7) is 2.08. The number of sulfonamides is 1. The van der Waals surface area contributed by atoms with Gasteiger partial charge in [0.15, 0.2) is 0 Å². The molecule has 114 valence electrons. The molecule has 5 N–H and O–H groups in total. The molecule has 0 saturated heterocycles. The molecular weight excluding hydrogens is 312 g/mol. The minimum absolute atomic E-state index is 0.171. The van der Waals surface area contributed by atoms with Gasteiger partial charge in [-0.25, -0.2) is 18.5 Å². The number of nitrogens with zero attached hydrogens (tertiary/aromatic N) is 1. The lowest BCUT2D eigenvalue weighted by atomic mass is 10.2. The number of aryl methyl sites for hydroxylation is 1. The first-order valence-corrected chi connectivity index (χ1v) is 8.75. The minimum Gasteiger partial charge on any atom is -0.397 e. The summed E-state index contributed by atoms with van der Waals surface area (Å²) in [5, 5.41) is 8.27. The molecule has 0 radical (unpaired) electrons. The fourth-order valence-electron chi connectivity index (χ4n) is 1.81. The van der Waals surface area contributed by atoms with Crippen LogP contribution in [-0.2, 0) is 10.0 Å². The molecule has 2 heterocycles. The molecule has 0 fully saturated rings. The molecule has 0 unspecified atom stereocenters. The first-order valence-electron chi connectivity index (χ1n) is 6.22. The van der Waals surface area contributed by atoms with E-state index in [1.165, 1.54) is 11.3 Å². The highest BCUT2D eigenvalue weighted by Gasteiger charge is 2.17. The molecule has 0 saturated carbocycles. The van der Waals surface area contributed by atoms with Crippen LogP contribution in [0.2, 0.25) is 0 Å². The molecule has 1 amide bonds. The van der Waals surface area contributed by atoms with Crippen LogP contribution in [0, 0.1) is 6.92 Å². The third-order valence-corrected chi connectivity index (χ3v) is 4.80. The maximum atomic E-state index is 12.1. The van der Waals surface area contributed by atoms with Gasteiger partial charge in [-0.1, -0.05) is 0 Å². The zero-order valence-corrected chi connectivity index (χ0v) is 13.1. The first-order chi connectivity index (χ1) is 9.78. The largest absolute Gasteiger partial charge is 0.397 e. The predicted octanol–water partition coefficient (Wildman–Crippen LogP) is 0.595. The number of carbonyl (C=O) groups excluding carboxylic acids is 1. The van der Waals surface area contributed by atoms with Gasteiger partial charge < -0.3 is 11.1 Å². The van der Waals surface area contributed by atoms with Crippen LogP contribution in [0.3, 0.4) is 0 Å². The highest BCUT2D eigenvalue weighted by atomic mass is 32.2. The number of carbonyl (C=O) groups is 1. The fraction of sp³-hybridized carbons (Fsp3) is 0.333. The molecule has 0 bridgehead atoms. The SMILES string of the molecule is Cc1ccc2c(N)c(C(=O)NCCCS(N)(=O)=O)sc2n1. The van der Waals surface area contributed by atoms with Gasteiger partial charge in [-0.05, 0) is 25.5 Å². The Hall–Kier alpha value is -1.71. The summed E-state index contributed by atoms with van der Waals surface area (Å²) in [5.74, 6) is -0.502. The molecule has 9 heteroatoms. The molecular formula is C12H16N4O3S2. The van der Waals surface area contributed by atoms with E-state index >= 15 is 0 Å². The second-order valence-electron chi connectivity index (χ2n) is 4.63. The molecule has 21 heavy (non-hydrogen) atoms. The van der Waals surface area contributed by atoms with Gasteiger partial charge in [0.25, 0.3) is 5.91 Å². The summed E-state index contributed by atoms with van der Waals surface area (Å²) in [6, 6.07) is 3.67. The topological polar surface area (TPSA) is 128 Å². The molecule has 7 nitrogen and oxygen atoms in total. The summed E-state index contributed by atoms with van der Waals surface area (Å²) in [5.41, 5.74) is 7.20. The maximum Gasteiger partial charge on any atom is 0.263 e. The number of nitrogen functional groups attached to an aromatic ring is 1. The number of primary sulfonamides is 1. The average molecular weight is 328 g/mol. The average Bonchev–Trinajstić information content (AvgIpc) is 2.70. The van der Waals surface area contributed by atoms with E-state index in [-0.39, 0.29) is 24.6 Å². The summed E-state index contributed by atoms with van der Waals surface area (Å²) in [6.07, 6.45) is 0.257. The van der Waals surface area contributed by atoms with Crippen molar-refractivity contribution in [2.45, 2.75) is 13.3 Å². The van der Waals surface area contributed by atoms with E-state index in [1.54, 1.807) is 0 Å². The number of amides is 1. The van der Waals surface area contributed by atoms with E-state index in [0.29, 0.717) is 15.4 Å². The molecule has 0 aliphatic heterocycles. The normalized spacial score (nSPS) is 11.7. The smallest absolute Gasteiger partial charge is 0.263 e. The van der Waals surface area contributed by atoms with Crippen molar-refractivity contribution >= 4 is 43.2 Å². The van der Waals surface area contributed by atoms with E-state index in [9.17, 15) is 13.2 Å². The minimum atomic E-state index is -3.50. The number of pyridine rings is 1. The third-order valence-electron chi connectivity index (χ3n) is 2.83. The Bertz CT molecular complexity index is 783. The van der Waals surface area contributed by atoms with Crippen molar-refractivity contribution in [1.82, 2.24) is 10.3 Å². The van der Waals surface area contributed by atoms with Crippen molar-refractivity contribution in [2.75, 3.05) is 18.0 Å². The highest BCUT2D eigenvalue weighted by molar-refractivity contribution is 7.89. The van der Waals surface area contributed by atoms with E-state index in [2.05, 4.69) is 10.3 Å². The molecule has 0 aliphatic carbocycles. The van der Waals surface area contributed by atoms with Gasteiger partial charge in [0.1, 0.15) is 9.71 Å². The predicted molar refractivity (Wildman–Crippen MR) is 83.7 cm³/mol. The van der Waals surface area contributed by atoms with Crippen LogP contribution < -0.4 is 16.2 Å². The second kappa shape index (κ2) is 5.96. The van der Waals surface area contributed by atoms with E-state index in [4.69, 9.17) is 10.9 Å². The number of rotatable bonds is 5. The van der Waals surface area contributed by atoms with E-state index < -0.39 is 10.0 Å². The highest BCUT2D eigenvalue weighted by Crippen LogP contribution is 2.32. The Morgan fingerprint density at radius 1 is 1.43 bits per heavy atom. The Morgan fingerprint density at radius 3 is 2.81 bits per heavy atom. The van der Waals surface area contributed by atoms with Crippen LogP contribution in [0.4, 0.5) is 5.69 Å². The lowest BCUT2D eigenvalue weighted by Crippen LogP contribution is -2.27. The van der Waals surface area contributed by atoms with E-state index in [0.717, 1.165) is 11.1 Å². The Morgan fingerprint density at radius 2 is 2.14 bits per heavy atom. The molecule has 0 aliphatic rings. The van der Waals surface area contributed by atoms with Gasteiger partial charge in [-0.2, -0.15) is 0 Å². The van der Waals surface area contributed by atoms with Crippen LogP contribution in [0.1, 0.15) is 21.8 Å². The molecule has 2 rings (SSSR count). The van der Waals surface area contributed by atoms with Gasteiger partial charge >= 0.3 is 0 Å².